The van der Waals surface area contributed by atoms with Gasteiger partial charge in [0.05, 0.1) is 7.11 Å². The van der Waals surface area contributed by atoms with Gasteiger partial charge in [0.1, 0.15) is 5.75 Å². The number of guanidine groups is 1. The predicted molar refractivity (Wildman–Crippen MR) is 113 cm³/mol. The van der Waals surface area contributed by atoms with Gasteiger partial charge in [-0.15, -0.1) is 24.0 Å². The number of nitrogens with one attached hydrogen (secondary N) is 2. The number of rotatable bonds is 6. The van der Waals surface area contributed by atoms with E-state index in [0.29, 0.717) is 13.3 Å². The van der Waals surface area contributed by atoms with Crippen LogP contribution in [0.4, 0.5) is 0 Å². The van der Waals surface area contributed by atoms with Crippen LogP contribution in [-0.4, -0.2) is 33.5 Å². The van der Waals surface area contributed by atoms with Gasteiger partial charge >= 0.3 is 0 Å². The van der Waals surface area contributed by atoms with E-state index in [2.05, 4.69) is 21.7 Å². The van der Waals surface area contributed by atoms with Crippen molar-refractivity contribution in [1.29, 1.82) is 0 Å². The summed E-state index contributed by atoms with van der Waals surface area (Å²) < 4.78 is 16.1. The number of benzene rings is 2. The molecule has 0 amide bonds. The van der Waals surface area contributed by atoms with Crippen LogP contribution in [0.5, 0.6) is 17.2 Å². The Morgan fingerprint density at radius 3 is 2.73 bits per heavy atom. The molecule has 3 rings (SSSR count). The van der Waals surface area contributed by atoms with Crippen LogP contribution in [0.1, 0.15) is 11.1 Å². The summed E-state index contributed by atoms with van der Waals surface area (Å²) in [5, 5.41) is 6.62. The number of nitrogens with zero attached hydrogens (tertiary/aromatic N) is 1. The summed E-state index contributed by atoms with van der Waals surface area (Å²) in [4.78, 5) is 4.26. The molecule has 7 heteroatoms. The van der Waals surface area contributed by atoms with Crippen LogP contribution in [0, 0.1) is 0 Å². The van der Waals surface area contributed by atoms with Crippen LogP contribution in [-0.2, 0) is 13.0 Å². The zero-order valence-corrected chi connectivity index (χ0v) is 17.3. The van der Waals surface area contributed by atoms with Crippen LogP contribution >= 0.6 is 24.0 Å². The Labute approximate surface area is 171 Å². The highest BCUT2D eigenvalue weighted by Crippen LogP contribution is 2.32. The molecule has 0 fully saturated rings. The summed E-state index contributed by atoms with van der Waals surface area (Å²) in [5.41, 5.74) is 2.28. The smallest absolute Gasteiger partial charge is 0.231 e. The fraction of sp³-hybridized carbons (Fsp3) is 0.316. The zero-order valence-electron chi connectivity index (χ0n) is 15.0. The molecule has 1 aliphatic heterocycles. The Balaban J connectivity index is 0.00000243. The summed E-state index contributed by atoms with van der Waals surface area (Å²) in [6, 6.07) is 14.0. The molecule has 0 radical (unpaired) electrons. The second-order valence-electron chi connectivity index (χ2n) is 5.60. The molecule has 0 saturated carbocycles. The molecule has 0 saturated heterocycles. The van der Waals surface area contributed by atoms with Gasteiger partial charge in [-0.3, -0.25) is 4.99 Å². The lowest BCUT2D eigenvalue weighted by Crippen LogP contribution is -2.37. The maximum atomic E-state index is 5.40. The van der Waals surface area contributed by atoms with Crippen molar-refractivity contribution in [2.24, 2.45) is 4.99 Å². The van der Waals surface area contributed by atoms with Crippen LogP contribution in [0.3, 0.4) is 0 Å². The van der Waals surface area contributed by atoms with Crippen molar-refractivity contribution >= 4 is 29.9 Å². The highest BCUT2D eigenvalue weighted by Gasteiger charge is 2.13. The third-order valence-corrected chi connectivity index (χ3v) is 4.00. The van der Waals surface area contributed by atoms with E-state index < -0.39 is 0 Å². The van der Waals surface area contributed by atoms with E-state index in [9.17, 15) is 0 Å². The highest BCUT2D eigenvalue weighted by molar-refractivity contribution is 14.0. The number of ether oxygens (including phenoxy) is 3. The van der Waals surface area contributed by atoms with Crippen molar-refractivity contribution in [2.75, 3.05) is 27.5 Å². The normalized spacial score (nSPS) is 12.3. The topological polar surface area (TPSA) is 64.1 Å². The Hall–Kier alpha value is -2.16. The molecule has 0 spiro atoms. The first-order valence-corrected chi connectivity index (χ1v) is 8.25. The van der Waals surface area contributed by atoms with Crippen molar-refractivity contribution in [1.82, 2.24) is 10.6 Å². The first-order chi connectivity index (χ1) is 12.3. The Kier molecular flexibility index (Phi) is 7.83. The Morgan fingerprint density at radius 2 is 1.92 bits per heavy atom. The molecule has 140 valence electrons. The second-order valence-corrected chi connectivity index (χ2v) is 5.60. The van der Waals surface area contributed by atoms with Gasteiger partial charge < -0.3 is 24.8 Å². The van der Waals surface area contributed by atoms with Crippen molar-refractivity contribution in [2.45, 2.75) is 13.0 Å². The van der Waals surface area contributed by atoms with Gasteiger partial charge in [0.15, 0.2) is 17.5 Å². The average molecular weight is 469 g/mol. The summed E-state index contributed by atoms with van der Waals surface area (Å²) >= 11 is 0. The van der Waals surface area contributed by atoms with Gasteiger partial charge in [-0.25, -0.2) is 0 Å². The van der Waals surface area contributed by atoms with E-state index in [1.807, 2.05) is 36.4 Å². The minimum atomic E-state index is 0. The lowest BCUT2D eigenvalue weighted by atomic mass is 10.1. The molecular formula is C19H24IN3O3. The fourth-order valence-electron chi connectivity index (χ4n) is 2.68. The van der Waals surface area contributed by atoms with Gasteiger partial charge in [0.25, 0.3) is 0 Å². The van der Waals surface area contributed by atoms with Gasteiger partial charge in [0.2, 0.25) is 6.79 Å². The van der Waals surface area contributed by atoms with E-state index in [-0.39, 0.29) is 24.0 Å². The van der Waals surface area contributed by atoms with Gasteiger partial charge in [-0.2, -0.15) is 0 Å². The van der Waals surface area contributed by atoms with Crippen LogP contribution in [0.2, 0.25) is 0 Å². The quantitative estimate of drug-likeness (QED) is 0.387. The van der Waals surface area contributed by atoms with Crippen molar-refractivity contribution in [3.05, 3.63) is 53.6 Å². The van der Waals surface area contributed by atoms with E-state index in [1.54, 1.807) is 14.2 Å². The van der Waals surface area contributed by atoms with Crippen LogP contribution in [0.25, 0.3) is 0 Å². The zero-order chi connectivity index (χ0) is 17.5. The number of para-hydroxylation sites is 1. The minimum Gasteiger partial charge on any atom is -0.496 e. The molecule has 2 N–H and O–H groups in total. The molecule has 2 aromatic carbocycles. The molecule has 6 nitrogen and oxygen atoms in total. The lowest BCUT2D eigenvalue weighted by molar-refractivity contribution is 0.174. The first kappa shape index (κ1) is 20.2. The van der Waals surface area contributed by atoms with Crippen LogP contribution < -0.4 is 24.8 Å². The summed E-state index contributed by atoms with van der Waals surface area (Å²) in [7, 11) is 3.45. The van der Waals surface area contributed by atoms with E-state index in [4.69, 9.17) is 14.2 Å². The molecule has 1 heterocycles. The van der Waals surface area contributed by atoms with Crippen molar-refractivity contribution in [3.63, 3.8) is 0 Å². The molecule has 0 unspecified atom stereocenters. The SMILES string of the molecule is CN=C(NCCc1ccccc1OC)NCc1ccc2c(c1)OCO2.I. The molecular weight excluding hydrogens is 445 g/mol. The van der Waals surface area contributed by atoms with Gasteiger partial charge in [-0.05, 0) is 35.7 Å². The maximum Gasteiger partial charge on any atom is 0.231 e. The van der Waals surface area contributed by atoms with Gasteiger partial charge in [-0.1, -0.05) is 24.3 Å². The Morgan fingerprint density at radius 1 is 1.12 bits per heavy atom. The predicted octanol–water partition coefficient (Wildman–Crippen LogP) is 2.95. The number of hydrogen-bond acceptors (Lipinski definition) is 4. The maximum absolute atomic E-state index is 5.40. The largest absolute Gasteiger partial charge is 0.496 e. The monoisotopic (exact) mass is 469 g/mol. The van der Waals surface area contributed by atoms with Crippen LogP contribution in [0.15, 0.2) is 47.5 Å². The standard InChI is InChI=1S/C19H23N3O3.HI/c1-20-19(21-10-9-15-5-3-4-6-16(15)23-2)22-12-14-7-8-17-18(11-14)25-13-24-17;/h3-8,11H,9-10,12-13H2,1-2H3,(H2,20,21,22);1H. The summed E-state index contributed by atoms with van der Waals surface area (Å²) in [6.07, 6.45) is 0.856. The molecule has 0 aliphatic carbocycles. The fourth-order valence-corrected chi connectivity index (χ4v) is 2.68. The molecule has 1 aliphatic rings. The average Bonchev–Trinajstić information content (AvgIpc) is 3.12. The molecule has 26 heavy (non-hydrogen) atoms. The summed E-state index contributed by atoms with van der Waals surface area (Å²) in [6.45, 7) is 1.71. The van der Waals surface area contributed by atoms with E-state index in [0.717, 1.165) is 41.7 Å². The first-order valence-electron chi connectivity index (χ1n) is 8.25. The van der Waals surface area contributed by atoms with Crippen molar-refractivity contribution < 1.29 is 14.2 Å². The third kappa shape index (κ3) is 5.17. The minimum absolute atomic E-state index is 0. The van der Waals surface area contributed by atoms with E-state index in [1.165, 1.54) is 5.56 Å². The molecule has 0 bridgehead atoms. The molecule has 0 aromatic heterocycles. The number of hydrogen-bond donors (Lipinski definition) is 2. The molecule has 0 atom stereocenters. The van der Waals surface area contributed by atoms with Crippen molar-refractivity contribution in [3.8, 4) is 17.2 Å². The lowest BCUT2D eigenvalue weighted by Gasteiger charge is -2.13. The Bertz CT molecular complexity index is 753. The number of fused-ring (bicyclic) bond motifs is 1. The molecule has 2 aromatic rings. The van der Waals surface area contributed by atoms with Gasteiger partial charge in [0, 0.05) is 20.1 Å². The summed E-state index contributed by atoms with van der Waals surface area (Å²) in [5.74, 6) is 3.25. The number of aliphatic imine (C=N–C) groups is 1. The highest BCUT2D eigenvalue weighted by atomic mass is 127. The third-order valence-electron chi connectivity index (χ3n) is 4.00. The second kappa shape index (κ2) is 10.1. The number of halogens is 1. The van der Waals surface area contributed by atoms with E-state index >= 15 is 0 Å². The number of methoxy groups -OCH3 is 1.